The van der Waals surface area contributed by atoms with Crippen LogP contribution in [0.1, 0.15) is 35.7 Å². The molecular formula is C17H17FO. The first-order chi connectivity index (χ1) is 9.24. The van der Waals surface area contributed by atoms with E-state index < -0.39 is 0 Å². The Labute approximate surface area is 113 Å². The van der Waals surface area contributed by atoms with Crippen LogP contribution in [0.15, 0.2) is 42.5 Å². The summed E-state index contributed by atoms with van der Waals surface area (Å²) < 4.78 is 13.1. The lowest BCUT2D eigenvalue weighted by Gasteiger charge is -2.07. The first kappa shape index (κ1) is 13.5. The molecule has 0 spiro atoms. The maximum Gasteiger partial charge on any atom is 0.150 e. The zero-order chi connectivity index (χ0) is 13.7. The van der Waals surface area contributed by atoms with Crippen molar-refractivity contribution in [1.82, 2.24) is 0 Å². The van der Waals surface area contributed by atoms with Gasteiger partial charge in [-0.05, 0) is 41.7 Å². The second-order valence-corrected chi connectivity index (χ2v) is 4.65. The Hall–Kier alpha value is -1.96. The first-order valence-corrected chi connectivity index (χ1v) is 6.58. The summed E-state index contributed by atoms with van der Waals surface area (Å²) in [6.45, 7) is 2.17. The number of aryl methyl sites for hydroxylation is 1. The number of halogens is 1. The van der Waals surface area contributed by atoms with E-state index >= 15 is 0 Å². The minimum atomic E-state index is -0.384. The van der Waals surface area contributed by atoms with Crippen LogP contribution in [0.25, 0.3) is 11.1 Å². The second kappa shape index (κ2) is 6.28. The van der Waals surface area contributed by atoms with E-state index in [2.05, 4.69) is 19.1 Å². The summed E-state index contributed by atoms with van der Waals surface area (Å²) in [6, 6.07) is 12.4. The molecule has 0 unspecified atom stereocenters. The number of rotatable bonds is 5. The number of unbranched alkanes of at least 4 members (excludes halogenated alkanes) is 1. The number of benzene rings is 2. The van der Waals surface area contributed by atoms with E-state index in [9.17, 15) is 9.18 Å². The molecule has 0 atom stereocenters. The molecule has 0 fully saturated rings. The Morgan fingerprint density at radius 3 is 2.47 bits per heavy atom. The maximum absolute atomic E-state index is 13.1. The molecule has 0 aliphatic carbocycles. The van der Waals surface area contributed by atoms with Crippen LogP contribution >= 0.6 is 0 Å². The van der Waals surface area contributed by atoms with Crippen molar-refractivity contribution in [2.24, 2.45) is 0 Å². The normalized spacial score (nSPS) is 10.4. The third-order valence-corrected chi connectivity index (χ3v) is 3.22. The van der Waals surface area contributed by atoms with E-state index in [4.69, 9.17) is 0 Å². The van der Waals surface area contributed by atoms with Crippen molar-refractivity contribution in [3.63, 3.8) is 0 Å². The average molecular weight is 256 g/mol. The number of carbonyl (C=O) groups is 1. The molecule has 1 nitrogen and oxygen atoms in total. The Morgan fingerprint density at radius 1 is 1.11 bits per heavy atom. The minimum absolute atomic E-state index is 0.384. The van der Waals surface area contributed by atoms with E-state index in [1.807, 2.05) is 12.1 Å². The lowest BCUT2D eigenvalue weighted by atomic mass is 9.98. The lowest BCUT2D eigenvalue weighted by Crippen LogP contribution is -1.90. The molecule has 0 aliphatic heterocycles. The van der Waals surface area contributed by atoms with Crippen LogP contribution in [0, 0.1) is 5.82 Å². The van der Waals surface area contributed by atoms with Crippen LogP contribution in [0.4, 0.5) is 4.39 Å². The van der Waals surface area contributed by atoms with Crippen molar-refractivity contribution in [2.75, 3.05) is 0 Å². The number of hydrogen-bond donors (Lipinski definition) is 0. The quantitative estimate of drug-likeness (QED) is 0.712. The molecule has 0 aromatic heterocycles. The van der Waals surface area contributed by atoms with Crippen molar-refractivity contribution in [3.05, 3.63) is 59.4 Å². The molecule has 0 saturated heterocycles. The van der Waals surface area contributed by atoms with Crippen molar-refractivity contribution in [3.8, 4) is 11.1 Å². The molecule has 0 bridgehead atoms. The van der Waals surface area contributed by atoms with Crippen LogP contribution in [0.2, 0.25) is 0 Å². The molecule has 0 aliphatic rings. The highest BCUT2D eigenvalue weighted by Crippen LogP contribution is 2.24. The van der Waals surface area contributed by atoms with Crippen molar-refractivity contribution >= 4 is 6.29 Å². The summed E-state index contributed by atoms with van der Waals surface area (Å²) in [6.07, 6.45) is 4.12. The molecule has 0 radical (unpaired) electrons. The summed E-state index contributed by atoms with van der Waals surface area (Å²) in [4.78, 5) is 11.0. The van der Waals surface area contributed by atoms with Gasteiger partial charge in [0.05, 0.1) is 0 Å². The van der Waals surface area contributed by atoms with Gasteiger partial charge in [-0.25, -0.2) is 4.39 Å². The van der Waals surface area contributed by atoms with Crippen molar-refractivity contribution in [2.45, 2.75) is 26.2 Å². The molecule has 0 saturated carbocycles. The largest absolute Gasteiger partial charge is 0.298 e. The molecule has 19 heavy (non-hydrogen) atoms. The van der Waals surface area contributed by atoms with Gasteiger partial charge in [0, 0.05) is 5.56 Å². The fourth-order valence-electron chi connectivity index (χ4n) is 2.13. The third kappa shape index (κ3) is 3.28. The van der Waals surface area contributed by atoms with Crippen LogP contribution in [-0.4, -0.2) is 6.29 Å². The van der Waals surface area contributed by atoms with Gasteiger partial charge in [0.25, 0.3) is 0 Å². The Balaban J connectivity index is 2.29. The summed E-state index contributed by atoms with van der Waals surface area (Å²) in [7, 11) is 0. The van der Waals surface area contributed by atoms with E-state index in [-0.39, 0.29) is 5.82 Å². The minimum Gasteiger partial charge on any atom is -0.298 e. The van der Waals surface area contributed by atoms with Crippen molar-refractivity contribution < 1.29 is 9.18 Å². The number of aldehydes is 1. The van der Waals surface area contributed by atoms with E-state index in [1.54, 1.807) is 6.07 Å². The predicted molar refractivity (Wildman–Crippen MR) is 75.8 cm³/mol. The number of carbonyl (C=O) groups excluding carboxylic acids is 1. The fourth-order valence-corrected chi connectivity index (χ4v) is 2.13. The molecule has 98 valence electrons. The zero-order valence-electron chi connectivity index (χ0n) is 11.0. The van der Waals surface area contributed by atoms with E-state index in [0.29, 0.717) is 11.8 Å². The predicted octanol–water partition coefficient (Wildman–Crippen LogP) is 4.65. The maximum atomic E-state index is 13.1. The molecular weight excluding hydrogens is 239 g/mol. The summed E-state index contributed by atoms with van der Waals surface area (Å²) in [5, 5.41) is 0. The van der Waals surface area contributed by atoms with Gasteiger partial charge in [0.2, 0.25) is 0 Å². The van der Waals surface area contributed by atoms with Gasteiger partial charge in [-0.2, -0.15) is 0 Å². The molecule has 2 aromatic carbocycles. The topological polar surface area (TPSA) is 17.1 Å². The second-order valence-electron chi connectivity index (χ2n) is 4.65. The zero-order valence-corrected chi connectivity index (χ0v) is 11.0. The molecule has 2 rings (SSSR count). The van der Waals surface area contributed by atoms with Crippen LogP contribution in [0.5, 0.6) is 0 Å². The summed E-state index contributed by atoms with van der Waals surface area (Å²) in [5.74, 6) is -0.384. The van der Waals surface area contributed by atoms with E-state index in [1.165, 1.54) is 30.5 Å². The Bertz CT molecular complexity index is 558. The average Bonchev–Trinajstić information content (AvgIpc) is 2.45. The molecule has 2 heteroatoms. The lowest BCUT2D eigenvalue weighted by molar-refractivity contribution is 0.112. The highest BCUT2D eigenvalue weighted by Gasteiger charge is 2.06. The SMILES string of the molecule is CCCCc1ccc(-c2ccc(F)cc2C=O)cc1. The Kier molecular flexibility index (Phi) is 4.45. The van der Waals surface area contributed by atoms with Crippen molar-refractivity contribution in [1.29, 1.82) is 0 Å². The first-order valence-electron chi connectivity index (χ1n) is 6.58. The third-order valence-electron chi connectivity index (χ3n) is 3.22. The van der Waals surface area contributed by atoms with Gasteiger partial charge in [-0.15, -0.1) is 0 Å². The van der Waals surface area contributed by atoms with E-state index in [0.717, 1.165) is 17.5 Å². The molecule has 0 amide bonds. The highest BCUT2D eigenvalue weighted by atomic mass is 19.1. The summed E-state index contributed by atoms with van der Waals surface area (Å²) >= 11 is 0. The smallest absolute Gasteiger partial charge is 0.150 e. The van der Waals surface area contributed by atoms with Gasteiger partial charge in [-0.3, -0.25) is 4.79 Å². The number of hydrogen-bond acceptors (Lipinski definition) is 1. The van der Waals surface area contributed by atoms with Gasteiger partial charge >= 0.3 is 0 Å². The van der Waals surface area contributed by atoms with Crippen LogP contribution < -0.4 is 0 Å². The monoisotopic (exact) mass is 256 g/mol. The van der Waals surface area contributed by atoms with Gasteiger partial charge < -0.3 is 0 Å². The van der Waals surface area contributed by atoms with Gasteiger partial charge in [-0.1, -0.05) is 43.7 Å². The summed E-state index contributed by atoms with van der Waals surface area (Å²) in [5.41, 5.74) is 3.41. The van der Waals surface area contributed by atoms with Crippen LogP contribution in [-0.2, 0) is 6.42 Å². The molecule has 0 N–H and O–H groups in total. The van der Waals surface area contributed by atoms with Crippen LogP contribution in [0.3, 0.4) is 0 Å². The fraction of sp³-hybridized carbons (Fsp3) is 0.235. The standard InChI is InChI=1S/C17H17FO/c1-2-3-4-13-5-7-14(8-6-13)17-10-9-16(18)11-15(17)12-19/h5-12H,2-4H2,1H3. The van der Waals surface area contributed by atoms with Gasteiger partial charge in [0.15, 0.2) is 6.29 Å². The molecule has 2 aromatic rings. The van der Waals surface area contributed by atoms with Gasteiger partial charge in [0.1, 0.15) is 5.82 Å². The Morgan fingerprint density at radius 2 is 1.84 bits per heavy atom. The highest BCUT2D eigenvalue weighted by molar-refractivity contribution is 5.87. The molecule has 0 heterocycles.